The Hall–Kier alpha value is -3.14. The molecule has 1 aromatic carbocycles. The van der Waals surface area contributed by atoms with Crippen LogP contribution in [0.15, 0.2) is 48.8 Å². The van der Waals surface area contributed by atoms with E-state index in [0.29, 0.717) is 27.9 Å². The third-order valence-electron chi connectivity index (χ3n) is 4.46. The smallest absolute Gasteiger partial charge is 0.412 e. The van der Waals surface area contributed by atoms with Crippen molar-refractivity contribution >= 4 is 58.5 Å². The number of methoxy groups -OCH3 is 1. The van der Waals surface area contributed by atoms with Gasteiger partial charge < -0.3 is 9.47 Å². The Morgan fingerprint density at radius 3 is 2.41 bits per heavy atom. The summed E-state index contributed by atoms with van der Waals surface area (Å²) in [5, 5.41) is 4.80. The summed E-state index contributed by atoms with van der Waals surface area (Å²) in [6.07, 6.45) is 1.48. The van der Waals surface area contributed by atoms with E-state index < -0.39 is 28.4 Å². The Morgan fingerprint density at radius 1 is 1.00 bits per heavy atom. The molecule has 0 spiro atoms. The van der Waals surface area contributed by atoms with Crippen LogP contribution in [0.3, 0.4) is 0 Å². The zero-order valence-electron chi connectivity index (χ0n) is 17.9. The molecule has 2 heterocycles. The molecule has 0 atom stereocenters. The monoisotopic (exact) mass is 526 g/mol. The second-order valence-corrected chi connectivity index (χ2v) is 9.46. The van der Waals surface area contributed by atoms with E-state index in [9.17, 15) is 14.0 Å². The van der Waals surface area contributed by atoms with Crippen LogP contribution in [0.5, 0.6) is 0 Å². The van der Waals surface area contributed by atoms with E-state index >= 15 is 0 Å². The largest absolute Gasteiger partial charge is 0.453 e. The summed E-state index contributed by atoms with van der Waals surface area (Å²) >= 11 is 16.7. The number of pyridine rings is 2. The average Bonchev–Trinajstić information content (AvgIpc) is 2.79. The summed E-state index contributed by atoms with van der Waals surface area (Å²) in [4.78, 5) is 31.9. The van der Waals surface area contributed by atoms with Crippen LogP contribution in [0.25, 0.3) is 22.4 Å². The number of carbonyl (C=O) groups excluding carboxylic acids is 2. The van der Waals surface area contributed by atoms with Crippen LogP contribution in [-0.2, 0) is 9.47 Å². The number of alkyl halides is 3. The fourth-order valence-electron chi connectivity index (χ4n) is 2.94. The highest BCUT2D eigenvalue weighted by Gasteiger charge is 2.22. The lowest BCUT2D eigenvalue weighted by atomic mass is 9.98. The molecule has 0 bridgehead atoms. The Labute approximate surface area is 209 Å². The fraction of sp³-hybridized carbons (Fsp3) is 0.182. The molecule has 3 rings (SSSR count). The van der Waals surface area contributed by atoms with E-state index in [1.807, 2.05) is 0 Å². The first-order chi connectivity index (χ1) is 16.1. The number of rotatable bonds is 5. The van der Waals surface area contributed by atoms with E-state index in [1.54, 1.807) is 37.4 Å². The SMILES string of the molecule is COC(=O)Nc1cc(-c2cc(-c3cc(NC(=O)OCC(Cl)(Cl)Cl)c(F)cc3C)ccn2)ccn1. The van der Waals surface area contributed by atoms with E-state index in [4.69, 9.17) is 39.5 Å². The average molecular weight is 528 g/mol. The summed E-state index contributed by atoms with van der Waals surface area (Å²) in [5.41, 5.74) is 3.12. The van der Waals surface area contributed by atoms with Gasteiger partial charge in [0.05, 0.1) is 18.5 Å². The van der Waals surface area contributed by atoms with Gasteiger partial charge in [0.25, 0.3) is 0 Å². The number of nitrogens with one attached hydrogen (secondary N) is 2. The van der Waals surface area contributed by atoms with Crippen LogP contribution in [0.4, 0.5) is 25.5 Å². The maximum atomic E-state index is 14.5. The molecule has 3 aromatic rings. The first-order valence-electron chi connectivity index (χ1n) is 9.64. The molecule has 8 nitrogen and oxygen atoms in total. The normalized spacial score (nSPS) is 11.0. The van der Waals surface area contributed by atoms with Crippen LogP contribution in [0.2, 0.25) is 0 Å². The zero-order valence-corrected chi connectivity index (χ0v) is 20.1. The molecule has 34 heavy (non-hydrogen) atoms. The van der Waals surface area contributed by atoms with Gasteiger partial charge in [0.15, 0.2) is 0 Å². The molecule has 2 N–H and O–H groups in total. The summed E-state index contributed by atoms with van der Waals surface area (Å²) in [5.74, 6) is -0.372. The number of benzene rings is 1. The van der Waals surface area contributed by atoms with Crippen molar-refractivity contribution in [1.82, 2.24) is 9.97 Å². The number of aryl methyl sites for hydroxylation is 1. The number of hydrogen-bond acceptors (Lipinski definition) is 6. The third-order valence-corrected chi connectivity index (χ3v) is 4.79. The molecule has 0 unspecified atom stereocenters. The standard InChI is InChI=1S/C22H18Cl3FN4O4/c1-12-7-16(26)18(29-21(32)34-11-22(23,24)25)10-15(12)13-3-5-27-17(8-13)14-4-6-28-19(9-14)30-20(31)33-2/h3-10H,11H2,1-2H3,(H,29,32)(H,28,30,31). The molecule has 0 radical (unpaired) electrons. The molecule has 2 amide bonds. The molecule has 178 valence electrons. The molecule has 0 aliphatic heterocycles. The van der Waals surface area contributed by atoms with Crippen LogP contribution in [0.1, 0.15) is 5.56 Å². The first-order valence-corrected chi connectivity index (χ1v) is 10.8. The molecular formula is C22H18Cl3FN4O4. The van der Waals surface area contributed by atoms with Gasteiger partial charge in [-0.1, -0.05) is 34.8 Å². The van der Waals surface area contributed by atoms with E-state index in [-0.39, 0.29) is 11.5 Å². The summed E-state index contributed by atoms with van der Waals surface area (Å²) in [6.45, 7) is 1.23. The summed E-state index contributed by atoms with van der Waals surface area (Å²) < 4.78 is 22.1. The third kappa shape index (κ3) is 6.93. The highest BCUT2D eigenvalue weighted by Crippen LogP contribution is 2.32. The van der Waals surface area contributed by atoms with Crippen LogP contribution in [-0.4, -0.2) is 39.7 Å². The van der Waals surface area contributed by atoms with Gasteiger partial charge >= 0.3 is 12.2 Å². The van der Waals surface area contributed by atoms with Crippen molar-refractivity contribution in [3.8, 4) is 22.4 Å². The Bertz CT molecular complexity index is 1220. The number of hydrogen-bond donors (Lipinski definition) is 2. The lowest BCUT2D eigenvalue weighted by molar-refractivity contribution is 0.163. The summed E-state index contributed by atoms with van der Waals surface area (Å²) in [6, 6.07) is 9.63. The minimum absolute atomic E-state index is 0.109. The summed E-state index contributed by atoms with van der Waals surface area (Å²) in [7, 11) is 1.25. The van der Waals surface area contributed by atoms with Gasteiger partial charge in [0, 0.05) is 18.0 Å². The predicted molar refractivity (Wildman–Crippen MR) is 129 cm³/mol. The number of anilines is 2. The van der Waals surface area contributed by atoms with Crippen LogP contribution >= 0.6 is 34.8 Å². The fourth-order valence-corrected chi connectivity index (χ4v) is 3.11. The van der Waals surface area contributed by atoms with Gasteiger partial charge in [-0.05, 0) is 60.0 Å². The molecule has 0 saturated heterocycles. The topological polar surface area (TPSA) is 102 Å². The maximum absolute atomic E-state index is 14.5. The van der Waals surface area contributed by atoms with Crippen molar-refractivity contribution in [3.63, 3.8) is 0 Å². The second kappa shape index (κ2) is 10.9. The van der Waals surface area contributed by atoms with E-state index in [1.165, 1.54) is 25.4 Å². The molecular weight excluding hydrogens is 510 g/mol. The first kappa shape index (κ1) is 25.5. The Balaban J connectivity index is 1.89. The van der Waals surface area contributed by atoms with Gasteiger partial charge in [-0.15, -0.1) is 0 Å². The van der Waals surface area contributed by atoms with Crippen molar-refractivity contribution in [2.75, 3.05) is 24.4 Å². The van der Waals surface area contributed by atoms with E-state index in [2.05, 4.69) is 25.3 Å². The van der Waals surface area contributed by atoms with Crippen LogP contribution < -0.4 is 10.6 Å². The lowest BCUT2D eigenvalue weighted by Crippen LogP contribution is -2.21. The molecule has 0 saturated carbocycles. The number of halogens is 4. The highest BCUT2D eigenvalue weighted by atomic mass is 35.6. The van der Waals surface area contributed by atoms with Gasteiger partial charge in [0.2, 0.25) is 3.79 Å². The van der Waals surface area contributed by atoms with Crippen LogP contribution in [0, 0.1) is 12.7 Å². The minimum atomic E-state index is -1.79. The molecule has 2 aromatic heterocycles. The zero-order chi connectivity index (χ0) is 24.9. The van der Waals surface area contributed by atoms with Gasteiger partial charge in [-0.3, -0.25) is 15.6 Å². The van der Waals surface area contributed by atoms with Gasteiger partial charge in [-0.25, -0.2) is 19.0 Å². The predicted octanol–water partition coefficient (Wildman–Crippen LogP) is 6.36. The number of ether oxygens (including phenoxy) is 2. The van der Waals surface area contributed by atoms with Crippen molar-refractivity contribution in [2.45, 2.75) is 10.7 Å². The molecule has 12 heteroatoms. The maximum Gasteiger partial charge on any atom is 0.412 e. The number of amides is 2. The molecule has 0 fully saturated rings. The quantitative estimate of drug-likeness (QED) is 0.375. The second-order valence-electron chi connectivity index (χ2n) is 6.94. The van der Waals surface area contributed by atoms with Crippen molar-refractivity contribution in [3.05, 3.63) is 60.2 Å². The van der Waals surface area contributed by atoms with Crippen molar-refractivity contribution < 1.29 is 23.5 Å². The molecule has 0 aliphatic carbocycles. The number of carbonyl (C=O) groups is 2. The number of nitrogens with zero attached hydrogens (tertiary/aromatic N) is 2. The number of aromatic nitrogens is 2. The minimum Gasteiger partial charge on any atom is -0.453 e. The Morgan fingerprint density at radius 2 is 1.71 bits per heavy atom. The van der Waals surface area contributed by atoms with Gasteiger partial charge in [-0.2, -0.15) is 0 Å². The Kier molecular flexibility index (Phi) is 8.14. The van der Waals surface area contributed by atoms with Crippen molar-refractivity contribution in [1.29, 1.82) is 0 Å². The molecule has 0 aliphatic rings. The highest BCUT2D eigenvalue weighted by molar-refractivity contribution is 6.67. The lowest BCUT2D eigenvalue weighted by Gasteiger charge is -2.14. The van der Waals surface area contributed by atoms with Gasteiger partial charge in [0.1, 0.15) is 18.2 Å². The van der Waals surface area contributed by atoms with Crippen molar-refractivity contribution in [2.24, 2.45) is 0 Å². The van der Waals surface area contributed by atoms with E-state index in [0.717, 1.165) is 0 Å².